The minimum Gasteiger partial charge on any atom is -0.461 e. The van der Waals surface area contributed by atoms with Gasteiger partial charge in [-0.25, -0.2) is 0 Å². The van der Waals surface area contributed by atoms with E-state index in [0.29, 0.717) is 17.6 Å². The van der Waals surface area contributed by atoms with E-state index in [-0.39, 0.29) is 23.8 Å². The van der Waals surface area contributed by atoms with Gasteiger partial charge in [0, 0.05) is 23.3 Å². The Morgan fingerprint density at radius 1 is 1.62 bits per heavy atom. The van der Waals surface area contributed by atoms with Crippen LogP contribution in [0.15, 0.2) is 22.6 Å². The van der Waals surface area contributed by atoms with Crippen molar-refractivity contribution < 1.29 is 14.3 Å². The molecule has 1 saturated carbocycles. The second-order valence-electron chi connectivity index (χ2n) is 5.65. The molecule has 0 aromatic carbocycles. The van der Waals surface area contributed by atoms with Gasteiger partial charge in [-0.2, -0.15) is 11.8 Å². The van der Waals surface area contributed by atoms with E-state index >= 15 is 0 Å². The highest BCUT2D eigenvalue weighted by Crippen LogP contribution is 2.47. The molecule has 2 N–H and O–H groups in total. The Morgan fingerprint density at radius 3 is 2.90 bits per heavy atom. The fraction of sp³-hybridized carbons (Fsp3) is 0.562. The molecule has 0 aliphatic heterocycles. The van der Waals surface area contributed by atoms with Crippen molar-refractivity contribution >= 4 is 23.7 Å². The third-order valence-corrected chi connectivity index (χ3v) is 5.09. The molecule has 1 heterocycles. The maximum Gasteiger partial charge on any atom is 0.244 e. The van der Waals surface area contributed by atoms with E-state index in [0.717, 1.165) is 5.76 Å². The Balaban J connectivity index is 1.85. The topological polar surface area (TPSA) is 62.5 Å². The lowest BCUT2D eigenvalue weighted by atomic mass is 10.2. The number of aliphatic hydroxyl groups is 1. The molecule has 116 valence electrons. The number of hydrogen-bond acceptors (Lipinski definition) is 4. The molecular weight excluding hydrogens is 286 g/mol. The molecular formula is C16H23NO3S. The number of rotatable bonds is 7. The first-order chi connectivity index (χ1) is 10.0. The zero-order valence-electron chi connectivity index (χ0n) is 12.7. The van der Waals surface area contributed by atoms with E-state index in [9.17, 15) is 9.90 Å². The molecule has 4 nitrogen and oxygen atoms in total. The van der Waals surface area contributed by atoms with Gasteiger partial charge in [0.05, 0.1) is 6.61 Å². The van der Waals surface area contributed by atoms with Crippen LogP contribution in [0.4, 0.5) is 0 Å². The summed E-state index contributed by atoms with van der Waals surface area (Å²) in [4.78, 5) is 11.8. The fourth-order valence-electron chi connectivity index (χ4n) is 2.34. The lowest BCUT2D eigenvalue weighted by molar-refractivity contribution is -0.117. The molecule has 1 aliphatic carbocycles. The standard InChI is InChI=1S/C16H23NO3S/c1-10-8-13(10)14-6-4-12(20-14)5-7-16(19)17-11(2)15(9-18)21-3/h4-7,10-11,13,15,18H,8-9H2,1-3H3,(H,17,19)/b7-5+. The number of thioether (sulfide) groups is 1. The van der Waals surface area contributed by atoms with E-state index in [1.165, 1.54) is 12.5 Å². The van der Waals surface area contributed by atoms with E-state index < -0.39 is 0 Å². The van der Waals surface area contributed by atoms with Gasteiger partial charge < -0.3 is 14.8 Å². The van der Waals surface area contributed by atoms with Crippen LogP contribution in [0, 0.1) is 5.92 Å². The number of furan rings is 1. The molecule has 4 unspecified atom stereocenters. The highest BCUT2D eigenvalue weighted by Gasteiger charge is 2.36. The van der Waals surface area contributed by atoms with Gasteiger partial charge in [-0.1, -0.05) is 6.92 Å². The van der Waals surface area contributed by atoms with Crippen molar-refractivity contribution in [3.05, 3.63) is 29.7 Å². The minimum atomic E-state index is -0.173. The van der Waals surface area contributed by atoms with Crippen LogP contribution in [0.25, 0.3) is 6.08 Å². The number of aliphatic hydroxyl groups excluding tert-OH is 1. The van der Waals surface area contributed by atoms with Gasteiger partial charge in [-0.3, -0.25) is 4.79 Å². The molecule has 1 aromatic heterocycles. The molecule has 1 aliphatic rings. The Hall–Kier alpha value is -1.20. The van der Waals surface area contributed by atoms with E-state index in [1.807, 2.05) is 25.3 Å². The summed E-state index contributed by atoms with van der Waals surface area (Å²) in [5, 5.41) is 12.1. The number of hydrogen-bond donors (Lipinski definition) is 2. The van der Waals surface area contributed by atoms with Crippen molar-refractivity contribution in [3.8, 4) is 0 Å². The Morgan fingerprint density at radius 2 is 2.33 bits per heavy atom. The predicted molar refractivity (Wildman–Crippen MR) is 86.3 cm³/mol. The van der Waals surface area contributed by atoms with Crippen molar-refractivity contribution in [3.63, 3.8) is 0 Å². The van der Waals surface area contributed by atoms with Gasteiger partial charge in [-0.15, -0.1) is 0 Å². The van der Waals surface area contributed by atoms with Crippen molar-refractivity contribution in [2.45, 2.75) is 37.5 Å². The monoisotopic (exact) mass is 309 g/mol. The first-order valence-corrected chi connectivity index (χ1v) is 8.56. The van der Waals surface area contributed by atoms with Crippen LogP contribution in [-0.4, -0.2) is 35.2 Å². The summed E-state index contributed by atoms with van der Waals surface area (Å²) in [6.45, 7) is 4.15. The van der Waals surface area contributed by atoms with Crippen LogP contribution in [0.1, 0.15) is 37.7 Å². The van der Waals surface area contributed by atoms with Gasteiger partial charge >= 0.3 is 0 Å². The summed E-state index contributed by atoms with van der Waals surface area (Å²) < 4.78 is 5.71. The highest BCUT2D eigenvalue weighted by molar-refractivity contribution is 7.99. The van der Waals surface area contributed by atoms with Gasteiger partial charge in [-0.05, 0) is 43.7 Å². The summed E-state index contributed by atoms with van der Waals surface area (Å²) in [5.41, 5.74) is 0. The second kappa shape index (κ2) is 7.18. The largest absolute Gasteiger partial charge is 0.461 e. The van der Waals surface area contributed by atoms with Crippen molar-refractivity contribution in [1.82, 2.24) is 5.32 Å². The average molecular weight is 309 g/mol. The molecule has 1 fully saturated rings. The smallest absolute Gasteiger partial charge is 0.244 e. The third kappa shape index (κ3) is 4.38. The summed E-state index contributed by atoms with van der Waals surface area (Å²) in [5.74, 6) is 2.80. The zero-order chi connectivity index (χ0) is 15.4. The normalized spacial score (nSPS) is 24.0. The summed E-state index contributed by atoms with van der Waals surface area (Å²) in [7, 11) is 0. The first-order valence-electron chi connectivity index (χ1n) is 7.27. The van der Waals surface area contributed by atoms with Crippen LogP contribution in [0.2, 0.25) is 0 Å². The first kappa shape index (κ1) is 16.2. The Bertz CT molecular complexity index is 507. The van der Waals surface area contributed by atoms with Gasteiger partial charge in [0.15, 0.2) is 0 Å². The van der Waals surface area contributed by atoms with Crippen LogP contribution >= 0.6 is 11.8 Å². The van der Waals surface area contributed by atoms with Crippen molar-refractivity contribution in [2.24, 2.45) is 5.92 Å². The lowest BCUT2D eigenvalue weighted by Gasteiger charge is -2.20. The van der Waals surface area contributed by atoms with Crippen molar-refractivity contribution in [2.75, 3.05) is 12.9 Å². The minimum absolute atomic E-state index is 0.00826. The van der Waals surface area contributed by atoms with Gasteiger partial charge in [0.25, 0.3) is 0 Å². The molecule has 5 heteroatoms. The molecule has 0 radical (unpaired) electrons. The maximum atomic E-state index is 11.8. The maximum absolute atomic E-state index is 11.8. The lowest BCUT2D eigenvalue weighted by Crippen LogP contribution is -2.40. The number of nitrogens with one attached hydrogen (secondary N) is 1. The fourth-order valence-corrected chi connectivity index (χ4v) is 2.96. The SMILES string of the molecule is CSC(CO)C(C)NC(=O)/C=C/c1ccc(C2CC2C)o1. The van der Waals surface area contributed by atoms with Crippen LogP contribution in [0.5, 0.6) is 0 Å². The molecule has 1 amide bonds. The number of carbonyl (C=O) groups is 1. The molecule has 0 saturated heterocycles. The predicted octanol–water partition coefficient (Wildman–Crippen LogP) is 2.64. The van der Waals surface area contributed by atoms with E-state index in [4.69, 9.17) is 4.42 Å². The Labute approximate surface area is 130 Å². The van der Waals surface area contributed by atoms with Crippen LogP contribution in [-0.2, 0) is 4.79 Å². The molecule has 4 atom stereocenters. The molecule has 0 spiro atoms. The van der Waals surface area contributed by atoms with Crippen LogP contribution in [0.3, 0.4) is 0 Å². The summed E-state index contributed by atoms with van der Waals surface area (Å²) in [6.07, 6.45) is 6.27. The molecule has 1 aromatic rings. The van der Waals surface area contributed by atoms with Gasteiger partial charge in [0.1, 0.15) is 11.5 Å². The molecule has 2 rings (SSSR count). The van der Waals surface area contributed by atoms with Crippen LogP contribution < -0.4 is 5.32 Å². The van der Waals surface area contributed by atoms with E-state index in [1.54, 1.807) is 17.8 Å². The number of amides is 1. The highest BCUT2D eigenvalue weighted by atomic mass is 32.2. The summed E-state index contributed by atoms with van der Waals surface area (Å²) >= 11 is 1.54. The van der Waals surface area contributed by atoms with Crippen molar-refractivity contribution in [1.29, 1.82) is 0 Å². The molecule has 21 heavy (non-hydrogen) atoms. The Kier molecular flexibility index (Phi) is 5.53. The molecule has 0 bridgehead atoms. The van der Waals surface area contributed by atoms with E-state index in [2.05, 4.69) is 12.2 Å². The quantitative estimate of drug-likeness (QED) is 0.760. The average Bonchev–Trinajstić information content (AvgIpc) is 3.01. The summed E-state index contributed by atoms with van der Waals surface area (Å²) in [6, 6.07) is 3.80. The number of carbonyl (C=O) groups excluding carboxylic acids is 1. The second-order valence-corrected chi connectivity index (χ2v) is 6.72. The third-order valence-electron chi connectivity index (χ3n) is 3.93. The van der Waals surface area contributed by atoms with Gasteiger partial charge in [0.2, 0.25) is 5.91 Å². The zero-order valence-corrected chi connectivity index (χ0v) is 13.5.